The van der Waals surface area contributed by atoms with Crippen molar-refractivity contribution in [3.63, 3.8) is 0 Å². The predicted octanol–water partition coefficient (Wildman–Crippen LogP) is 3.20. The van der Waals surface area contributed by atoms with E-state index in [-0.39, 0.29) is 0 Å². The summed E-state index contributed by atoms with van der Waals surface area (Å²) in [4.78, 5) is 0. The van der Waals surface area contributed by atoms with Crippen LogP contribution >= 0.6 is 0 Å². The summed E-state index contributed by atoms with van der Waals surface area (Å²) in [6.45, 7) is 5.09. The summed E-state index contributed by atoms with van der Waals surface area (Å²) in [6, 6.07) is 8.09. The van der Waals surface area contributed by atoms with Gasteiger partial charge in [-0.2, -0.15) is 0 Å². The van der Waals surface area contributed by atoms with Crippen LogP contribution < -0.4 is 0 Å². The van der Waals surface area contributed by atoms with Gasteiger partial charge in [-0.1, -0.05) is 34.7 Å². The largest absolute Gasteiger partial charge is 0.591 e. The zero-order valence-corrected chi connectivity index (χ0v) is 10.8. The van der Waals surface area contributed by atoms with Crippen molar-refractivity contribution in [2.75, 3.05) is 0 Å². The fourth-order valence-corrected chi connectivity index (χ4v) is 1.69. The van der Waals surface area contributed by atoms with Crippen molar-refractivity contribution in [2.24, 2.45) is 4.40 Å². The summed E-state index contributed by atoms with van der Waals surface area (Å²) in [5.41, 5.74) is -0.112. The van der Waals surface area contributed by atoms with Crippen molar-refractivity contribution in [1.29, 1.82) is 0 Å². The van der Waals surface area contributed by atoms with Gasteiger partial charge in [0.25, 0.3) is 6.43 Å². The van der Waals surface area contributed by atoms with E-state index in [1.54, 1.807) is 39.0 Å². The quantitative estimate of drug-likeness (QED) is 0.606. The third kappa shape index (κ3) is 4.09. The molecule has 5 heteroatoms. The van der Waals surface area contributed by atoms with E-state index in [0.29, 0.717) is 5.56 Å². The Kier molecular flexibility index (Phi) is 4.65. The summed E-state index contributed by atoms with van der Waals surface area (Å²) >= 11 is -1.68. The Morgan fingerprint density at radius 2 is 1.76 bits per heavy atom. The van der Waals surface area contributed by atoms with Crippen LogP contribution in [0.25, 0.3) is 0 Å². The molecule has 0 saturated heterocycles. The minimum Gasteiger partial charge on any atom is -0.591 e. The topological polar surface area (TPSA) is 35.4 Å². The smallest absolute Gasteiger partial charge is 0.285 e. The highest BCUT2D eigenvalue weighted by Gasteiger charge is 2.29. The molecule has 2 nitrogen and oxygen atoms in total. The third-order valence-electron chi connectivity index (χ3n) is 1.98. The van der Waals surface area contributed by atoms with E-state index in [9.17, 15) is 13.3 Å². The number of halogens is 2. The molecular formula is C12H15F2NOS. The number of rotatable bonds is 3. The van der Waals surface area contributed by atoms with Gasteiger partial charge in [0.05, 0.1) is 0 Å². The van der Waals surface area contributed by atoms with Gasteiger partial charge in [-0.3, -0.25) is 0 Å². The molecule has 1 atom stereocenters. The third-order valence-corrected chi connectivity index (χ3v) is 3.39. The van der Waals surface area contributed by atoms with E-state index in [1.807, 2.05) is 0 Å². The Bertz CT molecular complexity index is 387. The lowest BCUT2D eigenvalue weighted by Crippen LogP contribution is -2.28. The van der Waals surface area contributed by atoms with E-state index in [4.69, 9.17) is 0 Å². The summed E-state index contributed by atoms with van der Waals surface area (Å²) in [5, 5.41) is 0. The average Bonchev–Trinajstić information content (AvgIpc) is 2.25. The molecule has 0 heterocycles. The Morgan fingerprint density at radius 3 is 2.18 bits per heavy atom. The molecule has 0 aliphatic carbocycles. The van der Waals surface area contributed by atoms with E-state index in [1.165, 1.54) is 12.1 Å². The highest BCUT2D eigenvalue weighted by Crippen LogP contribution is 2.20. The zero-order valence-electron chi connectivity index (χ0n) is 9.98. The van der Waals surface area contributed by atoms with Crippen molar-refractivity contribution < 1.29 is 13.3 Å². The molecule has 1 unspecified atom stereocenters. The monoisotopic (exact) mass is 259 g/mol. The van der Waals surface area contributed by atoms with Gasteiger partial charge in [0.1, 0.15) is 16.1 Å². The number of nitrogens with zero attached hydrogens (tertiary/aromatic N) is 1. The fourth-order valence-electron chi connectivity index (χ4n) is 1.05. The molecule has 0 bridgehead atoms. The van der Waals surface area contributed by atoms with E-state index < -0.39 is 28.2 Å². The predicted molar refractivity (Wildman–Crippen MR) is 66.9 cm³/mol. The van der Waals surface area contributed by atoms with Gasteiger partial charge in [-0.05, 0) is 20.8 Å². The maximum absolute atomic E-state index is 12.9. The summed E-state index contributed by atoms with van der Waals surface area (Å²) in [7, 11) is 0. The molecule has 0 aliphatic rings. The molecule has 1 aromatic rings. The molecule has 0 saturated carbocycles. The van der Waals surface area contributed by atoms with Gasteiger partial charge >= 0.3 is 0 Å². The average molecular weight is 259 g/mol. The molecule has 94 valence electrons. The van der Waals surface area contributed by atoms with Crippen LogP contribution in [0.3, 0.4) is 0 Å². The number of alkyl halides is 2. The lowest BCUT2D eigenvalue weighted by Gasteiger charge is -2.19. The second-order valence-electron chi connectivity index (χ2n) is 4.50. The highest BCUT2D eigenvalue weighted by molar-refractivity contribution is 7.91. The Balaban J connectivity index is 3.07. The lowest BCUT2D eigenvalue weighted by molar-refractivity contribution is 0.226. The van der Waals surface area contributed by atoms with Crippen LogP contribution in [-0.4, -0.2) is 21.4 Å². The van der Waals surface area contributed by atoms with Crippen molar-refractivity contribution in [1.82, 2.24) is 0 Å². The van der Waals surface area contributed by atoms with Crippen molar-refractivity contribution in [3.05, 3.63) is 35.9 Å². The lowest BCUT2D eigenvalue weighted by atomic mass is 10.1. The molecular weight excluding hydrogens is 244 g/mol. The Hall–Kier alpha value is -0.940. The van der Waals surface area contributed by atoms with E-state index in [2.05, 4.69) is 4.40 Å². The second kappa shape index (κ2) is 5.60. The van der Waals surface area contributed by atoms with E-state index >= 15 is 0 Å². The van der Waals surface area contributed by atoms with Crippen molar-refractivity contribution in [3.8, 4) is 0 Å². The van der Waals surface area contributed by atoms with Gasteiger partial charge in [0.15, 0.2) is 5.71 Å². The van der Waals surface area contributed by atoms with E-state index in [0.717, 1.165) is 0 Å². The minimum absolute atomic E-state index is 0.306. The molecule has 0 fully saturated rings. The van der Waals surface area contributed by atoms with Gasteiger partial charge in [0.2, 0.25) is 0 Å². The van der Waals surface area contributed by atoms with Gasteiger partial charge in [-0.25, -0.2) is 8.78 Å². The minimum atomic E-state index is -2.73. The van der Waals surface area contributed by atoms with Crippen LogP contribution in [-0.2, 0) is 11.4 Å². The first-order valence-electron chi connectivity index (χ1n) is 5.16. The van der Waals surface area contributed by atoms with Crippen LogP contribution in [0.2, 0.25) is 0 Å². The molecule has 0 aromatic heterocycles. The van der Waals surface area contributed by atoms with Gasteiger partial charge in [-0.15, -0.1) is 0 Å². The van der Waals surface area contributed by atoms with Crippen LogP contribution in [0, 0.1) is 0 Å². The maximum atomic E-state index is 12.9. The van der Waals surface area contributed by atoms with Crippen LogP contribution in [0.1, 0.15) is 26.3 Å². The SMILES string of the molecule is CC(C)(C)[S+]([O-])N=C(c1ccccc1)C(F)F. The summed E-state index contributed by atoms with van der Waals surface area (Å²) in [6.07, 6.45) is -2.73. The molecule has 0 spiro atoms. The molecule has 0 radical (unpaired) electrons. The fraction of sp³-hybridized carbons (Fsp3) is 0.417. The second-order valence-corrected chi connectivity index (χ2v) is 6.41. The first-order valence-corrected chi connectivity index (χ1v) is 6.27. The van der Waals surface area contributed by atoms with Crippen LogP contribution in [0.15, 0.2) is 34.7 Å². The van der Waals surface area contributed by atoms with Crippen LogP contribution in [0.4, 0.5) is 8.78 Å². The number of hydrogen-bond donors (Lipinski definition) is 0. The molecule has 1 aromatic carbocycles. The normalized spacial score (nSPS) is 15.1. The van der Waals surface area contributed by atoms with Gasteiger partial charge in [0, 0.05) is 5.56 Å². The molecule has 0 N–H and O–H groups in total. The van der Waals surface area contributed by atoms with Crippen molar-refractivity contribution >= 4 is 17.1 Å². The number of benzene rings is 1. The molecule has 1 rings (SSSR count). The standard InChI is InChI=1S/C12H15F2NOS/c1-12(2,3)17(16)15-10(11(13)14)9-7-5-4-6-8-9/h4-8,11H,1-3H3. The first kappa shape index (κ1) is 14.1. The maximum Gasteiger partial charge on any atom is 0.285 e. The van der Waals surface area contributed by atoms with Crippen molar-refractivity contribution in [2.45, 2.75) is 31.9 Å². The molecule has 0 amide bonds. The summed E-state index contributed by atoms with van der Waals surface area (Å²) in [5.74, 6) is 0. The number of hydrogen-bond acceptors (Lipinski definition) is 2. The summed E-state index contributed by atoms with van der Waals surface area (Å²) < 4.78 is 40.5. The Labute approximate surface area is 103 Å². The molecule has 17 heavy (non-hydrogen) atoms. The van der Waals surface area contributed by atoms with Gasteiger partial charge < -0.3 is 4.55 Å². The van der Waals surface area contributed by atoms with Crippen LogP contribution in [0.5, 0.6) is 0 Å². The first-order chi connectivity index (χ1) is 7.82. The Morgan fingerprint density at radius 1 is 1.24 bits per heavy atom. The molecule has 0 aliphatic heterocycles. The highest BCUT2D eigenvalue weighted by atomic mass is 32.2. The zero-order chi connectivity index (χ0) is 13.1.